The zero-order chi connectivity index (χ0) is 18.2. The molecule has 0 bridgehead atoms. The van der Waals surface area contributed by atoms with E-state index >= 15 is 0 Å². The van der Waals surface area contributed by atoms with E-state index < -0.39 is 17.6 Å². The molecule has 0 aliphatic rings. The number of halogens is 4. The highest BCUT2D eigenvalue weighted by Crippen LogP contribution is 2.32. The first-order valence-corrected chi connectivity index (χ1v) is 7.84. The molecule has 0 radical (unpaired) electrons. The number of aliphatic imine (C=N–C) groups is 1. The summed E-state index contributed by atoms with van der Waals surface area (Å²) in [6.45, 7) is 7.30. The van der Waals surface area contributed by atoms with Crippen molar-refractivity contribution >= 4 is 5.96 Å². The fraction of sp³-hybridized carbons (Fsp3) is 0.562. The molecular weight excluding hydrogens is 324 g/mol. The smallest absolute Gasteiger partial charge is 0.355 e. The SMILES string of the molecule is CCN(CC)CCNC(=NC)NCc1ccc(F)cc1C(F)(F)F. The van der Waals surface area contributed by atoms with Crippen LogP contribution in [0.15, 0.2) is 23.2 Å². The molecule has 0 aliphatic heterocycles. The summed E-state index contributed by atoms with van der Waals surface area (Å²) < 4.78 is 52.0. The van der Waals surface area contributed by atoms with Crippen molar-refractivity contribution in [3.05, 3.63) is 35.1 Å². The summed E-state index contributed by atoms with van der Waals surface area (Å²) in [4.78, 5) is 6.19. The maximum Gasteiger partial charge on any atom is 0.416 e. The lowest BCUT2D eigenvalue weighted by atomic mass is 10.1. The van der Waals surface area contributed by atoms with Gasteiger partial charge in [0.2, 0.25) is 0 Å². The van der Waals surface area contributed by atoms with Gasteiger partial charge in [-0.15, -0.1) is 0 Å². The molecule has 0 saturated heterocycles. The molecule has 8 heteroatoms. The number of guanidine groups is 1. The van der Waals surface area contributed by atoms with E-state index in [0.717, 1.165) is 31.8 Å². The summed E-state index contributed by atoms with van der Waals surface area (Å²) in [5.41, 5.74) is -1.01. The number of nitrogens with one attached hydrogen (secondary N) is 2. The second-order valence-electron chi connectivity index (χ2n) is 5.18. The Morgan fingerprint density at radius 1 is 1.17 bits per heavy atom. The molecule has 136 valence electrons. The van der Waals surface area contributed by atoms with Crippen LogP contribution in [0, 0.1) is 5.82 Å². The number of likely N-dealkylation sites (N-methyl/N-ethyl adjacent to an activating group) is 1. The van der Waals surface area contributed by atoms with Crippen LogP contribution in [-0.4, -0.2) is 44.1 Å². The summed E-state index contributed by atoms with van der Waals surface area (Å²) >= 11 is 0. The second-order valence-corrected chi connectivity index (χ2v) is 5.18. The van der Waals surface area contributed by atoms with E-state index in [1.807, 2.05) is 0 Å². The number of hydrogen-bond donors (Lipinski definition) is 2. The first-order chi connectivity index (χ1) is 11.3. The summed E-state index contributed by atoms with van der Waals surface area (Å²) in [5, 5.41) is 5.88. The number of alkyl halides is 3. The molecule has 24 heavy (non-hydrogen) atoms. The Labute approximate surface area is 139 Å². The zero-order valence-corrected chi connectivity index (χ0v) is 14.2. The van der Waals surface area contributed by atoms with E-state index in [-0.39, 0.29) is 12.1 Å². The number of nitrogens with zero attached hydrogens (tertiary/aromatic N) is 2. The third kappa shape index (κ3) is 6.35. The lowest BCUT2D eigenvalue weighted by molar-refractivity contribution is -0.138. The van der Waals surface area contributed by atoms with E-state index in [4.69, 9.17) is 0 Å². The zero-order valence-electron chi connectivity index (χ0n) is 14.2. The van der Waals surface area contributed by atoms with Gasteiger partial charge in [0.25, 0.3) is 0 Å². The van der Waals surface area contributed by atoms with Crippen LogP contribution < -0.4 is 10.6 Å². The Balaban J connectivity index is 2.64. The minimum absolute atomic E-state index is 0.0319. The Bertz CT molecular complexity index is 539. The fourth-order valence-corrected chi connectivity index (χ4v) is 2.24. The van der Waals surface area contributed by atoms with Crippen molar-refractivity contribution in [2.24, 2.45) is 4.99 Å². The predicted octanol–water partition coefficient (Wildman–Crippen LogP) is 2.85. The Morgan fingerprint density at radius 2 is 1.83 bits per heavy atom. The molecular formula is C16H24F4N4. The van der Waals surface area contributed by atoms with Gasteiger partial charge in [-0.3, -0.25) is 4.99 Å². The summed E-state index contributed by atoms with van der Waals surface area (Å²) in [6, 6.07) is 2.66. The Morgan fingerprint density at radius 3 is 2.38 bits per heavy atom. The molecule has 1 rings (SSSR count). The molecule has 0 atom stereocenters. The number of hydrogen-bond acceptors (Lipinski definition) is 2. The highest BCUT2D eigenvalue weighted by Gasteiger charge is 2.33. The van der Waals surface area contributed by atoms with Crippen molar-refractivity contribution in [3.63, 3.8) is 0 Å². The number of rotatable bonds is 7. The van der Waals surface area contributed by atoms with Gasteiger partial charge >= 0.3 is 6.18 Å². The van der Waals surface area contributed by atoms with E-state index in [2.05, 4.69) is 34.4 Å². The van der Waals surface area contributed by atoms with Crippen LogP contribution >= 0.6 is 0 Å². The molecule has 0 spiro atoms. The lowest BCUT2D eigenvalue weighted by Gasteiger charge is -2.20. The summed E-state index contributed by atoms with van der Waals surface area (Å²) in [6.07, 6.45) is -4.60. The molecule has 1 aromatic carbocycles. The monoisotopic (exact) mass is 348 g/mol. The molecule has 0 heterocycles. The van der Waals surface area contributed by atoms with E-state index in [9.17, 15) is 17.6 Å². The largest absolute Gasteiger partial charge is 0.416 e. The highest BCUT2D eigenvalue weighted by molar-refractivity contribution is 5.79. The molecule has 4 nitrogen and oxygen atoms in total. The summed E-state index contributed by atoms with van der Waals surface area (Å²) in [5.74, 6) is -0.507. The molecule has 0 fully saturated rings. The first kappa shape index (κ1) is 20.2. The maximum atomic E-state index is 13.1. The standard InChI is InChI=1S/C16H24F4N4/c1-4-24(5-2)9-8-22-15(21-3)23-11-12-6-7-13(17)10-14(12)16(18,19)20/h6-7,10H,4-5,8-9,11H2,1-3H3,(H2,21,22,23). The minimum atomic E-state index is -4.60. The van der Waals surface area contributed by atoms with Gasteiger partial charge in [-0.25, -0.2) is 4.39 Å². The van der Waals surface area contributed by atoms with Crippen molar-refractivity contribution in [1.82, 2.24) is 15.5 Å². The van der Waals surface area contributed by atoms with Crippen LogP contribution in [0.5, 0.6) is 0 Å². The Kier molecular flexibility index (Phi) is 7.97. The molecule has 0 saturated carbocycles. The van der Waals surface area contributed by atoms with Crippen LogP contribution in [-0.2, 0) is 12.7 Å². The second kappa shape index (κ2) is 9.46. The average molecular weight is 348 g/mol. The van der Waals surface area contributed by atoms with E-state index in [1.54, 1.807) is 7.05 Å². The predicted molar refractivity (Wildman–Crippen MR) is 87.4 cm³/mol. The Hall–Kier alpha value is -1.83. The topological polar surface area (TPSA) is 39.7 Å². The highest BCUT2D eigenvalue weighted by atomic mass is 19.4. The van der Waals surface area contributed by atoms with Crippen molar-refractivity contribution in [3.8, 4) is 0 Å². The number of benzene rings is 1. The van der Waals surface area contributed by atoms with Gasteiger partial charge in [-0.1, -0.05) is 19.9 Å². The van der Waals surface area contributed by atoms with E-state index in [1.165, 1.54) is 0 Å². The lowest BCUT2D eigenvalue weighted by Crippen LogP contribution is -2.41. The van der Waals surface area contributed by atoms with Gasteiger partial charge in [-0.2, -0.15) is 13.2 Å². The van der Waals surface area contributed by atoms with Crippen LogP contribution in [0.3, 0.4) is 0 Å². The van der Waals surface area contributed by atoms with Crippen molar-refractivity contribution in [2.75, 3.05) is 33.2 Å². The molecule has 0 aliphatic carbocycles. The third-order valence-corrected chi connectivity index (χ3v) is 3.66. The average Bonchev–Trinajstić information content (AvgIpc) is 2.54. The minimum Gasteiger partial charge on any atom is -0.355 e. The van der Waals surface area contributed by atoms with Crippen molar-refractivity contribution in [1.29, 1.82) is 0 Å². The molecule has 2 N–H and O–H groups in total. The van der Waals surface area contributed by atoms with Crippen LogP contribution in [0.2, 0.25) is 0 Å². The van der Waals surface area contributed by atoms with Gasteiger partial charge in [0.15, 0.2) is 5.96 Å². The van der Waals surface area contributed by atoms with Gasteiger partial charge in [0.1, 0.15) is 5.82 Å². The first-order valence-electron chi connectivity index (χ1n) is 7.84. The molecule has 0 amide bonds. The van der Waals surface area contributed by atoms with Crippen LogP contribution in [0.25, 0.3) is 0 Å². The third-order valence-electron chi connectivity index (χ3n) is 3.66. The van der Waals surface area contributed by atoms with Gasteiger partial charge in [0.05, 0.1) is 5.56 Å². The molecule has 1 aromatic rings. The van der Waals surface area contributed by atoms with Gasteiger partial charge < -0.3 is 15.5 Å². The summed E-state index contributed by atoms with van der Waals surface area (Å²) in [7, 11) is 1.54. The maximum absolute atomic E-state index is 13.1. The molecule has 0 aromatic heterocycles. The van der Waals surface area contributed by atoms with Gasteiger partial charge in [-0.05, 0) is 30.8 Å². The normalized spacial score (nSPS) is 12.6. The molecule has 0 unspecified atom stereocenters. The van der Waals surface area contributed by atoms with Crippen LogP contribution in [0.4, 0.5) is 17.6 Å². The fourth-order valence-electron chi connectivity index (χ4n) is 2.24. The van der Waals surface area contributed by atoms with Crippen molar-refractivity contribution in [2.45, 2.75) is 26.6 Å². The van der Waals surface area contributed by atoms with Crippen molar-refractivity contribution < 1.29 is 17.6 Å². The van der Waals surface area contributed by atoms with E-state index in [0.29, 0.717) is 18.6 Å². The van der Waals surface area contributed by atoms with Gasteiger partial charge in [0, 0.05) is 26.7 Å². The van der Waals surface area contributed by atoms with Crippen LogP contribution in [0.1, 0.15) is 25.0 Å². The quantitative estimate of drug-likeness (QED) is 0.452.